The van der Waals surface area contributed by atoms with E-state index in [4.69, 9.17) is 0 Å². The van der Waals surface area contributed by atoms with Crippen LogP contribution in [0.5, 0.6) is 0 Å². The van der Waals surface area contributed by atoms with Crippen molar-refractivity contribution in [3.8, 4) is 90.6 Å². The summed E-state index contributed by atoms with van der Waals surface area (Å²) in [6, 6.07) is 51.3. The van der Waals surface area contributed by atoms with E-state index in [1.807, 2.05) is 150 Å². The Kier molecular flexibility index (Phi) is 23.2. The molecule has 0 aliphatic carbocycles. The first-order valence-electron chi connectivity index (χ1n) is 22.5. The van der Waals surface area contributed by atoms with Crippen LogP contribution in [0.1, 0.15) is 0 Å². The van der Waals surface area contributed by atoms with Crippen LogP contribution in [0, 0.1) is 24.3 Å². The Morgan fingerprint density at radius 2 is 0.803 bits per heavy atom. The number of hydrogen-bond acceptors (Lipinski definition) is 12. The van der Waals surface area contributed by atoms with Crippen LogP contribution in [0.15, 0.2) is 196 Å². The molecule has 0 aliphatic heterocycles. The summed E-state index contributed by atoms with van der Waals surface area (Å²) < 4.78 is 7.09. The molecule has 388 valence electrons. The zero-order chi connectivity index (χ0) is 49.5. The second kappa shape index (κ2) is 29.7. The van der Waals surface area contributed by atoms with Crippen molar-refractivity contribution < 1.29 is 80.4 Å². The molecular weight excluding hydrogens is 1670 g/mol. The average Bonchev–Trinajstić information content (AvgIpc) is 4.30. The van der Waals surface area contributed by atoms with Crippen molar-refractivity contribution in [1.29, 1.82) is 0 Å². The summed E-state index contributed by atoms with van der Waals surface area (Å²) in [6.45, 7) is 0. The third kappa shape index (κ3) is 16.1. The first kappa shape index (κ1) is 59.5. The Bertz CT molecular complexity index is 3470. The molecule has 0 fully saturated rings. The van der Waals surface area contributed by atoms with E-state index in [2.05, 4.69) is 84.5 Å². The van der Waals surface area contributed by atoms with E-state index < -0.39 is 0 Å². The molecule has 0 saturated heterocycles. The Morgan fingerprint density at radius 3 is 1.30 bits per heavy atom. The fourth-order valence-corrected chi connectivity index (χ4v) is 7.06. The second-order valence-corrected chi connectivity index (χ2v) is 15.7. The first-order valence-corrected chi connectivity index (χ1v) is 22.5. The molecule has 12 aromatic rings. The molecule has 20 heteroatoms. The van der Waals surface area contributed by atoms with Crippen molar-refractivity contribution in [2.45, 2.75) is 0 Å². The van der Waals surface area contributed by atoms with Gasteiger partial charge >= 0.3 is 0 Å². The fraction of sp³-hybridized carbons (Fsp3) is 0.0714. The van der Waals surface area contributed by atoms with Gasteiger partial charge in [-0.1, -0.05) is 52.1 Å². The van der Waals surface area contributed by atoms with Gasteiger partial charge in [0.15, 0.2) is 0 Å². The SMILES string of the molecule is Cn1ccc(-c2[c-]c(-c3ncccn3)ccc2)n1.Cn1ccc(-c2[c-]cc(-c3ncccn3)cc2)n1.Cn1ccc(-c2[c-]ccc(-c3ncccn3)c2)n1.Cn1ccc(-c2[c-]cccc2-c2ncccn2)n1.[Ir].[Ir].[Ir].[Ir]. The number of benzene rings is 4. The van der Waals surface area contributed by atoms with Gasteiger partial charge in [-0.3, -0.25) is 28.7 Å². The van der Waals surface area contributed by atoms with Crippen molar-refractivity contribution in [2.75, 3.05) is 0 Å². The summed E-state index contributed by atoms with van der Waals surface area (Å²) in [5.74, 6) is 2.79. The van der Waals surface area contributed by atoms with E-state index in [0.29, 0.717) is 23.3 Å². The zero-order valence-corrected chi connectivity index (χ0v) is 50.5. The van der Waals surface area contributed by atoms with Gasteiger partial charge in [-0.15, -0.1) is 114 Å². The molecule has 0 bridgehead atoms. The Hall–Kier alpha value is -7.36. The maximum absolute atomic E-state index is 4.40. The molecule has 0 saturated carbocycles. The van der Waals surface area contributed by atoms with Crippen molar-refractivity contribution in [3.05, 3.63) is 220 Å². The van der Waals surface area contributed by atoms with Crippen molar-refractivity contribution in [1.82, 2.24) is 79.0 Å². The maximum Gasteiger partial charge on any atom is 0.140 e. The number of hydrogen-bond donors (Lipinski definition) is 0. The predicted octanol–water partition coefficient (Wildman–Crippen LogP) is 9.37. The van der Waals surface area contributed by atoms with Gasteiger partial charge in [0.2, 0.25) is 0 Å². The molecule has 8 heterocycles. The van der Waals surface area contributed by atoms with Crippen LogP contribution in [0.3, 0.4) is 0 Å². The molecule has 0 N–H and O–H groups in total. The topological polar surface area (TPSA) is 174 Å². The van der Waals surface area contributed by atoms with E-state index in [1.54, 1.807) is 92.6 Å². The average molecular weight is 1710 g/mol. The van der Waals surface area contributed by atoms with Crippen LogP contribution in [-0.4, -0.2) is 79.0 Å². The van der Waals surface area contributed by atoms with Crippen molar-refractivity contribution >= 4 is 0 Å². The smallest absolute Gasteiger partial charge is 0.140 e. The summed E-state index contributed by atoms with van der Waals surface area (Å²) in [5.41, 5.74) is 11.1. The third-order valence-corrected chi connectivity index (χ3v) is 10.5. The molecule has 0 unspecified atom stereocenters. The van der Waals surface area contributed by atoms with Gasteiger partial charge in [0.05, 0.1) is 5.82 Å². The largest absolute Gasteiger partial charge is 0.285 e. The van der Waals surface area contributed by atoms with E-state index in [-0.39, 0.29) is 80.4 Å². The summed E-state index contributed by atoms with van der Waals surface area (Å²) in [4.78, 5) is 33.9. The van der Waals surface area contributed by atoms with Gasteiger partial charge in [0.25, 0.3) is 0 Å². The van der Waals surface area contributed by atoms with Gasteiger partial charge in [0, 0.05) is 206 Å². The Labute approximate surface area is 494 Å². The molecule has 4 radical (unpaired) electrons. The van der Waals surface area contributed by atoms with Gasteiger partial charge in [-0.05, 0) is 24.3 Å². The monoisotopic (exact) mass is 1710 g/mol. The van der Waals surface area contributed by atoms with Crippen LogP contribution in [-0.2, 0) is 109 Å². The molecule has 0 amide bonds. The Balaban J connectivity index is 0.000000184. The molecular formula is C56H44Ir4N16-4. The second-order valence-electron chi connectivity index (χ2n) is 15.7. The number of nitrogens with zero attached hydrogens (tertiary/aromatic N) is 16. The van der Waals surface area contributed by atoms with Crippen LogP contribution >= 0.6 is 0 Å². The van der Waals surface area contributed by atoms with E-state index in [9.17, 15) is 0 Å². The summed E-state index contributed by atoms with van der Waals surface area (Å²) in [7, 11) is 7.59. The summed E-state index contributed by atoms with van der Waals surface area (Å²) in [5, 5.41) is 17.5. The number of rotatable bonds is 8. The third-order valence-electron chi connectivity index (χ3n) is 10.5. The van der Waals surface area contributed by atoms with E-state index >= 15 is 0 Å². The van der Waals surface area contributed by atoms with Gasteiger partial charge in [-0.25, -0.2) is 50.3 Å². The standard InChI is InChI=1S/4C14H11N4.4Ir/c1-18-10-7-13(17-18)11-3-5-12(6-4-11)14-15-8-2-9-16-14;2*1-18-9-6-13(17-18)11-4-2-5-12(10-11)14-15-7-3-8-16-14;1-18-10-7-13(17-18)11-5-2-3-6-12(11)14-15-8-4-9-16-14;;;;/h2*2-3,5-10H,1H3;2-9H,1H3;2-4,6-10H,1H3;;;;/q4*-1;;;;. The quantitative estimate of drug-likeness (QED) is 0.132. The normalized spacial score (nSPS) is 9.95. The van der Waals surface area contributed by atoms with Crippen LogP contribution in [0.2, 0.25) is 0 Å². The van der Waals surface area contributed by atoms with Crippen LogP contribution < -0.4 is 0 Å². The Morgan fingerprint density at radius 1 is 0.342 bits per heavy atom. The van der Waals surface area contributed by atoms with Crippen LogP contribution in [0.4, 0.5) is 0 Å². The zero-order valence-electron chi connectivity index (χ0n) is 41.0. The minimum absolute atomic E-state index is 0. The first-order chi connectivity index (χ1) is 35.3. The van der Waals surface area contributed by atoms with Gasteiger partial charge in [0.1, 0.15) is 17.5 Å². The molecule has 8 aromatic heterocycles. The minimum Gasteiger partial charge on any atom is -0.285 e. The molecule has 0 aliphatic rings. The summed E-state index contributed by atoms with van der Waals surface area (Å²) in [6.07, 6.45) is 21.5. The van der Waals surface area contributed by atoms with Crippen molar-refractivity contribution in [2.24, 2.45) is 28.2 Å². The predicted molar refractivity (Wildman–Crippen MR) is 274 cm³/mol. The molecule has 12 rings (SSSR count). The molecule has 0 spiro atoms. The fourth-order valence-electron chi connectivity index (χ4n) is 7.06. The molecule has 4 aromatic carbocycles. The van der Waals surface area contributed by atoms with E-state index in [0.717, 1.165) is 67.3 Å². The minimum atomic E-state index is 0. The van der Waals surface area contributed by atoms with Crippen LogP contribution in [0.25, 0.3) is 90.6 Å². The van der Waals surface area contributed by atoms with Gasteiger partial charge < -0.3 is 0 Å². The maximum atomic E-state index is 4.40. The number of aromatic nitrogens is 16. The van der Waals surface area contributed by atoms with E-state index in [1.165, 1.54) is 0 Å². The summed E-state index contributed by atoms with van der Waals surface area (Å²) >= 11 is 0. The molecule has 0 atom stereocenters. The molecule has 76 heavy (non-hydrogen) atoms. The number of aryl methyl sites for hydroxylation is 4. The van der Waals surface area contributed by atoms with Crippen molar-refractivity contribution in [3.63, 3.8) is 0 Å². The molecule has 16 nitrogen and oxygen atoms in total. The van der Waals surface area contributed by atoms with Gasteiger partial charge in [-0.2, -0.15) is 0 Å².